The largest absolute Gasteiger partial charge is 0.437 e. The number of carbonyl (C=O) groups excluding carboxylic acids is 1. The van der Waals surface area contributed by atoms with Crippen molar-refractivity contribution in [2.45, 2.75) is 19.6 Å². The summed E-state index contributed by atoms with van der Waals surface area (Å²) in [5.41, 5.74) is 1.93. The third-order valence-corrected chi connectivity index (χ3v) is 8.42. The van der Waals surface area contributed by atoms with Crippen LogP contribution in [0, 0.1) is 6.92 Å². The van der Waals surface area contributed by atoms with Gasteiger partial charge in [0.2, 0.25) is 5.88 Å². The normalized spacial score (nSPS) is 14.6. The van der Waals surface area contributed by atoms with E-state index in [4.69, 9.17) is 4.74 Å². The van der Waals surface area contributed by atoms with Gasteiger partial charge >= 0.3 is 6.18 Å². The second-order valence-electron chi connectivity index (χ2n) is 10.7. The monoisotopic (exact) mass is 618 g/mol. The Bertz CT molecular complexity index is 1800. The van der Waals surface area contributed by atoms with Gasteiger partial charge in [-0.25, -0.2) is 4.98 Å². The minimum absolute atomic E-state index is 0.0828. The fraction of sp³-hybridized carbons (Fsp3) is 0.250. The molecule has 1 aliphatic heterocycles. The number of aryl methyl sites for hydroxylation is 1. The molecule has 226 valence electrons. The standard InChI is InChI=1S/C32H29F3N6O2S/c1-20-3-6-24(18-27(20)43-31-28-26(9-16-44-28)38-29(39-31)21-7-10-36-11-8-21)37-30(42)22-4-5-23(25(17-22)32(33,34)35)19-41-14-12-40(2)13-15-41/h3-11,16-18H,12-15,19H2,1-2H3,(H,37,42). The van der Waals surface area contributed by atoms with E-state index in [0.29, 0.717) is 36.2 Å². The van der Waals surface area contributed by atoms with Crippen LogP contribution in [-0.2, 0) is 12.7 Å². The lowest BCUT2D eigenvalue weighted by atomic mass is 10.0. The Hall–Kier alpha value is -4.39. The highest BCUT2D eigenvalue weighted by atomic mass is 32.1. The van der Waals surface area contributed by atoms with Gasteiger partial charge in [0, 0.05) is 68.0 Å². The van der Waals surface area contributed by atoms with Crippen LogP contribution >= 0.6 is 11.3 Å². The number of aromatic nitrogens is 3. The number of benzene rings is 2. The van der Waals surface area contributed by atoms with E-state index in [1.807, 2.05) is 42.5 Å². The summed E-state index contributed by atoms with van der Waals surface area (Å²) in [7, 11) is 1.99. The molecule has 2 aromatic carbocycles. The van der Waals surface area contributed by atoms with E-state index >= 15 is 0 Å². The predicted molar refractivity (Wildman–Crippen MR) is 164 cm³/mol. The van der Waals surface area contributed by atoms with Crippen molar-refractivity contribution in [1.82, 2.24) is 24.8 Å². The molecule has 0 spiro atoms. The van der Waals surface area contributed by atoms with Crippen LogP contribution in [-0.4, -0.2) is 63.9 Å². The van der Waals surface area contributed by atoms with E-state index in [2.05, 4.69) is 25.2 Å². The van der Waals surface area contributed by atoms with Crippen LogP contribution in [0.2, 0.25) is 0 Å². The number of rotatable bonds is 7. The van der Waals surface area contributed by atoms with E-state index in [1.54, 1.807) is 30.6 Å². The number of piperazine rings is 1. The molecule has 0 aliphatic carbocycles. The third kappa shape index (κ3) is 6.57. The number of fused-ring (bicyclic) bond motifs is 1. The van der Waals surface area contributed by atoms with Crippen LogP contribution in [0.1, 0.15) is 27.0 Å². The van der Waals surface area contributed by atoms with Gasteiger partial charge in [-0.2, -0.15) is 18.2 Å². The summed E-state index contributed by atoms with van der Waals surface area (Å²) in [6, 6.07) is 14.3. The van der Waals surface area contributed by atoms with Crippen molar-refractivity contribution < 1.29 is 22.7 Å². The number of hydrogen-bond acceptors (Lipinski definition) is 8. The fourth-order valence-electron chi connectivity index (χ4n) is 5.00. The summed E-state index contributed by atoms with van der Waals surface area (Å²) in [6.45, 7) is 4.99. The lowest BCUT2D eigenvalue weighted by Gasteiger charge is -2.33. The maximum Gasteiger partial charge on any atom is 0.416 e. The highest BCUT2D eigenvalue weighted by Gasteiger charge is 2.34. The number of carbonyl (C=O) groups is 1. The lowest BCUT2D eigenvalue weighted by molar-refractivity contribution is -0.138. The summed E-state index contributed by atoms with van der Waals surface area (Å²) in [6.07, 6.45) is -1.28. The Morgan fingerprint density at radius 1 is 1.00 bits per heavy atom. The number of anilines is 1. The van der Waals surface area contributed by atoms with Gasteiger partial charge in [-0.15, -0.1) is 11.3 Å². The molecule has 1 amide bonds. The van der Waals surface area contributed by atoms with Crippen molar-refractivity contribution in [3.8, 4) is 23.0 Å². The van der Waals surface area contributed by atoms with Crippen molar-refractivity contribution in [2.75, 3.05) is 38.5 Å². The summed E-state index contributed by atoms with van der Waals surface area (Å²) >= 11 is 1.44. The average Bonchev–Trinajstić information content (AvgIpc) is 3.49. The lowest BCUT2D eigenvalue weighted by Crippen LogP contribution is -2.44. The van der Waals surface area contributed by atoms with E-state index in [9.17, 15) is 18.0 Å². The molecular weight excluding hydrogens is 589 g/mol. The van der Waals surface area contributed by atoms with Crippen LogP contribution < -0.4 is 10.1 Å². The summed E-state index contributed by atoms with van der Waals surface area (Å²) in [5, 5.41) is 4.63. The minimum atomic E-state index is -4.59. The van der Waals surface area contributed by atoms with Gasteiger partial charge < -0.3 is 15.0 Å². The van der Waals surface area contributed by atoms with Gasteiger partial charge in [-0.1, -0.05) is 12.1 Å². The molecule has 6 rings (SSSR count). The number of alkyl halides is 3. The first-order valence-electron chi connectivity index (χ1n) is 14.0. The third-order valence-electron chi connectivity index (χ3n) is 7.53. The van der Waals surface area contributed by atoms with Crippen molar-refractivity contribution in [1.29, 1.82) is 0 Å². The van der Waals surface area contributed by atoms with Crippen LogP contribution in [0.25, 0.3) is 21.6 Å². The van der Waals surface area contributed by atoms with Gasteiger partial charge in [0.05, 0.1) is 11.1 Å². The number of likely N-dealkylation sites (N-methyl/N-ethyl adjacent to an activating group) is 1. The van der Waals surface area contributed by atoms with Gasteiger partial charge in [0.15, 0.2) is 5.82 Å². The van der Waals surface area contributed by atoms with Crippen molar-refractivity contribution in [2.24, 2.45) is 0 Å². The average molecular weight is 619 g/mol. The van der Waals surface area contributed by atoms with E-state index in [1.165, 1.54) is 23.5 Å². The van der Waals surface area contributed by atoms with Gasteiger partial charge in [-0.05, 0) is 66.9 Å². The van der Waals surface area contributed by atoms with E-state index in [-0.39, 0.29) is 17.7 Å². The SMILES string of the molecule is Cc1ccc(NC(=O)c2ccc(CN3CCN(C)CC3)c(C(F)(F)F)c2)cc1Oc1nc(-c2ccncc2)nc2ccsc12. The molecule has 4 heterocycles. The smallest absolute Gasteiger partial charge is 0.416 e. The molecule has 0 radical (unpaired) electrons. The maximum absolute atomic E-state index is 14.1. The zero-order chi connectivity index (χ0) is 30.8. The number of thiophene rings is 1. The molecule has 1 N–H and O–H groups in total. The van der Waals surface area contributed by atoms with E-state index in [0.717, 1.165) is 40.5 Å². The Morgan fingerprint density at radius 3 is 2.52 bits per heavy atom. The Kier molecular flexibility index (Phi) is 8.30. The molecule has 12 heteroatoms. The molecule has 0 bridgehead atoms. The van der Waals surface area contributed by atoms with Gasteiger partial charge in [0.1, 0.15) is 10.4 Å². The van der Waals surface area contributed by atoms with Crippen molar-refractivity contribution >= 4 is 33.1 Å². The first-order valence-corrected chi connectivity index (χ1v) is 14.9. The molecule has 44 heavy (non-hydrogen) atoms. The van der Waals surface area contributed by atoms with Gasteiger partial charge in [0.25, 0.3) is 5.91 Å². The fourth-order valence-corrected chi connectivity index (χ4v) is 5.75. The van der Waals surface area contributed by atoms with E-state index < -0.39 is 17.6 Å². The molecule has 8 nitrogen and oxygen atoms in total. The second-order valence-corrected chi connectivity index (χ2v) is 11.6. The Morgan fingerprint density at radius 2 is 1.77 bits per heavy atom. The highest BCUT2D eigenvalue weighted by molar-refractivity contribution is 7.17. The number of nitrogens with one attached hydrogen (secondary N) is 1. The summed E-state index contributed by atoms with van der Waals surface area (Å²) in [5.74, 6) is 0.621. The zero-order valence-corrected chi connectivity index (χ0v) is 24.9. The van der Waals surface area contributed by atoms with Crippen LogP contribution in [0.3, 0.4) is 0 Å². The first kappa shape index (κ1) is 29.7. The molecule has 0 saturated carbocycles. The quantitative estimate of drug-likeness (QED) is 0.213. The Labute approximate surface area is 256 Å². The number of pyridine rings is 1. The summed E-state index contributed by atoms with van der Waals surface area (Å²) in [4.78, 5) is 30.7. The number of halogens is 3. The number of amides is 1. The van der Waals surface area contributed by atoms with Gasteiger partial charge in [-0.3, -0.25) is 14.7 Å². The molecule has 5 aromatic rings. The maximum atomic E-state index is 14.1. The van der Waals surface area contributed by atoms with Crippen LogP contribution in [0.15, 0.2) is 72.4 Å². The molecular formula is C32H29F3N6O2S. The molecule has 1 saturated heterocycles. The van der Waals surface area contributed by atoms with Crippen LogP contribution in [0.4, 0.5) is 18.9 Å². The molecule has 0 unspecified atom stereocenters. The Balaban J connectivity index is 1.23. The van der Waals surface area contributed by atoms with Crippen molar-refractivity contribution in [3.05, 3.63) is 94.6 Å². The van der Waals surface area contributed by atoms with Crippen LogP contribution in [0.5, 0.6) is 11.6 Å². The minimum Gasteiger partial charge on any atom is -0.437 e. The predicted octanol–water partition coefficient (Wildman–Crippen LogP) is 6.87. The molecule has 1 aliphatic rings. The molecule has 1 fully saturated rings. The van der Waals surface area contributed by atoms with Crippen molar-refractivity contribution in [3.63, 3.8) is 0 Å². The number of ether oxygens (including phenoxy) is 1. The number of hydrogen-bond donors (Lipinski definition) is 1. The zero-order valence-electron chi connectivity index (χ0n) is 24.1. The second kappa shape index (κ2) is 12.3. The first-order chi connectivity index (χ1) is 21.1. The molecule has 3 aromatic heterocycles. The number of nitrogens with zero attached hydrogens (tertiary/aromatic N) is 5. The topological polar surface area (TPSA) is 83.5 Å². The molecule has 0 atom stereocenters. The summed E-state index contributed by atoms with van der Waals surface area (Å²) < 4.78 is 49.3. The highest BCUT2D eigenvalue weighted by Crippen LogP contribution is 2.36.